The van der Waals surface area contributed by atoms with E-state index in [1.807, 2.05) is 11.4 Å². The molecule has 0 saturated carbocycles. The molecule has 3 N–H and O–H groups in total. The van der Waals surface area contributed by atoms with Crippen molar-refractivity contribution in [1.29, 1.82) is 0 Å². The molecule has 0 unspecified atom stereocenters. The van der Waals surface area contributed by atoms with Gasteiger partial charge in [0.25, 0.3) is 0 Å². The molecule has 0 fully saturated rings. The molecule has 0 aliphatic carbocycles. The van der Waals surface area contributed by atoms with Gasteiger partial charge in [0.2, 0.25) is 0 Å². The van der Waals surface area contributed by atoms with Gasteiger partial charge in [-0.2, -0.15) is 0 Å². The van der Waals surface area contributed by atoms with Gasteiger partial charge in [0, 0.05) is 0 Å². The monoisotopic (exact) mass is 243 g/mol. The van der Waals surface area contributed by atoms with Crippen molar-refractivity contribution in [3.05, 3.63) is 34.7 Å². The Kier molecular flexibility index (Phi) is 2.19. The number of rotatable bonds is 1. The second-order valence-electron chi connectivity index (χ2n) is 4.27. The van der Waals surface area contributed by atoms with Crippen LogP contribution in [0.5, 0.6) is 0 Å². The number of imidazole rings is 1. The molecule has 3 nitrogen and oxygen atoms in total. The van der Waals surface area contributed by atoms with Crippen molar-refractivity contribution in [3.8, 4) is 10.7 Å². The van der Waals surface area contributed by atoms with Crippen LogP contribution in [0.15, 0.2) is 23.6 Å². The first kappa shape index (κ1) is 10.4. The van der Waals surface area contributed by atoms with Crippen molar-refractivity contribution < 1.29 is 0 Å². The van der Waals surface area contributed by atoms with Crippen LogP contribution in [0, 0.1) is 13.8 Å². The van der Waals surface area contributed by atoms with Gasteiger partial charge in [-0.05, 0) is 42.5 Å². The molecule has 17 heavy (non-hydrogen) atoms. The Morgan fingerprint density at radius 2 is 2.12 bits per heavy atom. The Morgan fingerprint density at radius 1 is 1.29 bits per heavy atom. The molecular formula is C13H13N3S. The van der Waals surface area contributed by atoms with E-state index in [4.69, 9.17) is 5.73 Å². The second kappa shape index (κ2) is 3.60. The Bertz CT molecular complexity index is 694. The number of nitrogens with zero attached hydrogens (tertiary/aromatic N) is 1. The Balaban J connectivity index is 2.27. The average Bonchev–Trinajstić information content (AvgIpc) is 2.83. The summed E-state index contributed by atoms with van der Waals surface area (Å²) in [7, 11) is 0. The number of hydrogen-bond acceptors (Lipinski definition) is 3. The van der Waals surface area contributed by atoms with E-state index in [2.05, 4.69) is 35.9 Å². The molecule has 0 radical (unpaired) electrons. The highest BCUT2D eigenvalue weighted by Gasteiger charge is 2.11. The number of nitrogens with two attached hydrogens (primary N) is 1. The number of nitrogen functional groups attached to an aromatic ring is 1. The Morgan fingerprint density at radius 3 is 2.82 bits per heavy atom. The molecule has 0 aliphatic heterocycles. The van der Waals surface area contributed by atoms with Gasteiger partial charge in [-0.15, -0.1) is 11.3 Å². The van der Waals surface area contributed by atoms with Crippen LogP contribution < -0.4 is 5.73 Å². The standard InChI is InChI=1S/C13H13N3S/c1-7-5-8(2)11-10(6-7)15-13(16-11)12-9(14)3-4-17-12/h3-6H,14H2,1-2H3,(H,15,16). The lowest BCUT2D eigenvalue weighted by atomic mass is 10.1. The van der Waals surface area contributed by atoms with Gasteiger partial charge in [0.05, 0.1) is 21.6 Å². The van der Waals surface area contributed by atoms with Gasteiger partial charge in [-0.1, -0.05) is 6.07 Å². The van der Waals surface area contributed by atoms with Gasteiger partial charge in [0.1, 0.15) is 0 Å². The molecule has 1 aromatic carbocycles. The number of aromatic amines is 1. The second-order valence-corrected chi connectivity index (χ2v) is 5.18. The van der Waals surface area contributed by atoms with Crippen LogP contribution in [0.25, 0.3) is 21.7 Å². The summed E-state index contributed by atoms with van der Waals surface area (Å²) in [5.74, 6) is 0.862. The lowest BCUT2D eigenvalue weighted by Crippen LogP contribution is -1.84. The fourth-order valence-electron chi connectivity index (χ4n) is 2.09. The summed E-state index contributed by atoms with van der Waals surface area (Å²) in [6, 6.07) is 6.17. The van der Waals surface area contributed by atoms with Gasteiger partial charge in [-0.3, -0.25) is 0 Å². The van der Waals surface area contributed by atoms with E-state index in [1.165, 1.54) is 11.1 Å². The van der Waals surface area contributed by atoms with Crippen molar-refractivity contribution in [3.63, 3.8) is 0 Å². The molecule has 0 atom stereocenters. The molecule has 3 rings (SSSR count). The van der Waals surface area contributed by atoms with Crippen LogP contribution in [-0.4, -0.2) is 9.97 Å². The largest absolute Gasteiger partial charge is 0.397 e. The van der Waals surface area contributed by atoms with Crippen LogP contribution in [0.3, 0.4) is 0 Å². The first-order valence-electron chi connectivity index (χ1n) is 5.45. The fraction of sp³-hybridized carbons (Fsp3) is 0.154. The Labute approximate surface area is 103 Å². The zero-order valence-corrected chi connectivity index (χ0v) is 10.6. The van der Waals surface area contributed by atoms with E-state index >= 15 is 0 Å². The molecule has 0 saturated heterocycles. The van der Waals surface area contributed by atoms with Crippen LogP contribution in [-0.2, 0) is 0 Å². The first-order chi connectivity index (χ1) is 8.15. The van der Waals surface area contributed by atoms with Gasteiger partial charge < -0.3 is 10.7 Å². The number of anilines is 1. The summed E-state index contributed by atoms with van der Waals surface area (Å²) in [4.78, 5) is 8.98. The molecule has 3 aromatic rings. The van der Waals surface area contributed by atoms with Gasteiger partial charge in [0.15, 0.2) is 5.82 Å². The normalized spacial score (nSPS) is 11.2. The molecule has 0 aliphatic rings. The van der Waals surface area contributed by atoms with E-state index in [0.717, 1.165) is 27.4 Å². The van der Waals surface area contributed by atoms with Crippen LogP contribution in [0.4, 0.5) is 5.69 Å². The summed E-state index contributed by atoms with van der Waals surface area (Å²) >= 11 is 1.61. The maximum Gasteiger partial charge on any atom is 0.150 e. The van der Waals surface area contributed by atoms with Crippen molar-refractivity contribution in [2.45, 2.75) is 13.8 Å². The quantitative estimate of drug-likeness (QED) is 0.687. The highest BCUT2D eigenvalue weighted by atomic mass is 32.1. The maximum absolute atomic E-state index is 5.91. The lowest BCUT2D eigenvalue weighted by molar-refractivity contribution is 1.35. The molecule has 0 spiro atoms. The summed E-state index contributed by atoms with van der Waals surface area (Å²) in [5, 5.41) is 1.98. The van der Waals surface area contributed by atoms with Gasteiger partial charge >= 0.3 is 0 Å². The molecule has 0 bridgehead atoms. The number of aryl methyl sites for hydroxylation is 2. The highest BCUT2D eigenvalue weighted by Crippen LogP contribution is 2.31. The highest BCUT2D eigenvalue weighted by molar-refractivity contribution is 7.14. The molecule has 86 valence electrons. The molecule has 2 heterocycles. The predicted octanol–water partition coefficient (Wildman–Crippen LogP) is 3.49. The lowest BCUT2D eigenvalue weighted by Gasteiger charge is -1.96. The summed E-state index contributed by atoms with van der Waals surface area (Å²) < 4.78 is 0. The SMILES string of the molecule is Cc1cc(C)c2nc(-c3sccc3N)[nH]c2c1. The minimum Gasteiger partial charge on any atom is -0.397 e. The number of benzene rings is 1. The average molecular weight is 243 g/mol. The molecule has 4 heteroatoms. The predicted molar refractivity (Wildman–Crippen MR) is 73.3 cm³/mol. The molecule has 0 amide bonds. The van der Waals surface area contributed by atoms with E-state index < -0.39 is 0 Å². The Hall–Kier alpha value is -1.81. The number of fused-ring (bicyclic) bond motifs is 1. The fourth-order valence-corrected chi connectivity index (χ4v) is 2.85. The topological polar surface area (TPSA) is 54.7 Å². The van der Waals surface area contributed by atoms with E-state index in [9.17, 15) is 0 Å². The molecule has 2 aromatic heterocycles. The first-order valence-corrected chi connectivity index (χ1v) is 6.33. The van der Waals surface area contributed by atoms with E-state index in [1.54, 1.807) is 11.3 Å². The third-order valence-electron chi connectivity index (χ3n) is 2.83. The zero-order chi connectivity index (χ0) is 12.0. The molecular weight excluding hydrogens is 230 g/mol. The minimum atomic E-state index is 0.781. The third kappa shape index (κ3) is 1.61. The summed E-state index contributed by atoms with van der Waals surface area (Å²) in [5.41, 5.74) is 11.2. The smallest absolute Gasteiger partial charge is 0.150 e. The van der Waals surface area contributed by atoms with Gasteiger partial charge in [-0.25, -0.2) is 4.98 Å². The van der Waals surface area contributed by atoms with E-state index in [-0.39, 0.29) is 0 Å². The van der Waals surface area contributed by atoms with Crippen molar-refractivity contribution in [1.82, 2.24) is 9.97 Å². The summed E-state index contributed by atoms with van der Waals surface area (Å²) in [6.07, 6.45) is 0. The third-order valence-corrected chi connectivity index (χ3v) is 3.77. The summed E-state index contributed by atoms with van der Waals surface area (Å²) in [6.45, 7) is 4.17. The van der Waals surface area contributed by atoms with Crippen molar-refractivity contribution >= 4 is 28.1 Å². The number of H-pyrrole nitrogens is 1. The number of nitrogens with one attached hydrogen (secondary N) is 1. The van der Waals surface area contributed by atoms with Crippen molar-refractivity contribution in [2.24, 2.45) is 0 Å². The van der Waals surface area contributed by atoms with Crippen LogP contribution >= 0.6 is 11.3 Å². The van der Waals surface area contributed by atoms with E-state index in [0.29, 0.717) is 0 Å². The number of hydrogen-bond donors (Lipinski definition) is 2. The minimum absolute atomic E-state index is 0.781. The van der Waals surface area contributed by atoms with Crippen LogP contribution in [0.2, 0.25) is 0 Å². The van der Waals surface area contributed by atoms with Crippen LogP contribution in [0.1, 0.15) is 11.1 Å². The number of thiophene rings is 1. The van der Waals surface area contributed by atoms with Crippen molar-refractivity contribution in [2.75, 3.05) is 5.73 Å². The zero-order valence-electron chi connectivity index (χ0n) is 9.74. The number of aromatic nitrogens is 2. The maximum atomic E-state index is 5.91.